The molecular weight excluding hydrogens is 262 g/mol. The third kappa shape index (κ3) is 2.79. The fraction of sp³-hybridized carbons (Fsp3) is 0.176. The van der Waals surface area contributed by atoms with Gasteiger partial charge in [0.15, 0.2) is 0 Å². The molecule has 0 aliphatic heterocycles. The summed E-state index contributed by atoms with van der Waals surface area (Å²) in [7, 11) is 0. The molecule has 1 aromatic carbocycles. The molecule has 21 heavy (non-hydrogen) atoms. The maximum Gasteiger partial charge on any atom is 0.245 e. The molecule has 3 rings (SSSR count). The summed E-state index contributed by atoms with van der Waals surface area (Å²) in [6.07, 6.45) is 0. The van der Waals surface area contributed by atoms with Gasteiger partial charge in [-0.1, -0.05) is 24.3 Å². The number of benzene rings is 1. The monoisotopic (exact) mass is 279 g/mol. The molecule has 4 heteroatoms. The van der Waals surface area contributed by atoms with Crippen molar-refractivity contribution in [2.24, 2.45) is 0 Å². The van der Waals surface area contributed by atoms with E-state index >= 15 is 0 Å². The van der Waals surface area contributed by atoms with Crippen molar-refractivity contribution < 1.29 is 4.79 Å². The molecule has 2 heterocycles. The molecule has 0 spiro atoms. The van der Waals surface area contributed by atoms with Crippen molar-refractivity contribution >= 4 is 22.6 Å². The van der Waals surface area contributed by atoms with Crippen LogP contribution in [0.1, 0.15) is 11.4 Å². The molecule has 0 unspecified atom stereocenters. The average Bonchev–Trinajstić information content (AvgIpc) is 2.75. The zero-order valence-electron chi connectivity index (χ0n) is 12.1. The van der Waals surface area contributed by atoms with Crippen LogP contribution in [-0.2, 0) is 11.3 Å². The van der Waals surface area contributed by atoms with E-state index < -0.39 is 0 Å². The predicted molar refractivity (Wildman–Crippen MR) is 84.3 cm³/mol. The van der Waals surface area contributed by atoms with E-state index in [1.165, 1.54) is 0 Å². The largest absolute Gasteiger partial charge is 0.335 e. The Balaban J connectivity index is 1.82. The summed E-state index contributed by atoms with van der Waals surface area (Å²) >= 11 is 0. The number of amides is 1. The Kier molecular flexibility index (Phi) is 3.44. The van der Waals surface area contributed by atoms with Gasteiger partial charge >= 0.3 is 0 Å². The number of nitrogens with one attached hydrogen (secondary N) is 1. The van der Waals surface area contributed by atoms with Gasteiger partial charge in [-0.15, -0.1) is 0 Å². The van der Waals surface area contributed by atoms with Crippen molar-refractivity contribution in [2.45, 2.75) is 20.4 Å². The zero-order chi connectivity index (χ0) is 14.8. The molecular formula is C17H17N3O. The minimum Gasteiger partial charge on any atom is -0.335 e. The molecule has 3 aromatic rings. The Morgan fingerprint density at radius 2 is 1.95 bits per heavy atom. The van der Waals surface area contributed by atoms with E-state index in [4.69, 9.17) is 0 Å². The standard InChI is InChI=1S/C17H17N3O/c1-12-6-5-9-16(18-12)19-17(21)11-20-13(2)10-14-7-3-4-8-15(14)20/h3-10H,11H2,1-2H3,(H,18,19,21). The normalized spacial score (nSPS) is 10.8. The van der Waals surface area contributed by atoms with E-state index in [1.54, 1.807) is 6.07 Å². The predicted octanol–water partition coefficient (Wildman–Crippen LogP) is 3.29. The number of fused-ring (bicyclic) bond motifs is 1. The number of carbonyl (C=O) groups is 1. The molecule has 0 saturated heterocycles. The van der Waals surface area contributed by atoms with Crippen LogP contribution < -0.4 is 5.32 Å². The number of pyridine rings is 1. The van der Waals surface area contributed by atoms with Crippen LogP contribution in [0, 0.1) is 13.8 Å². The highest BCUT2D eigenvalue weighted by molar-refractivity contribution is 5.91. The Morgan fingerprint density at radius 3 is 2.76 bits per heavy atom. The van der Waals surface area contributed by atoms with Crippen molar-refractivity contribution in [3.63, 3.8) is 0 Å². The van der Waals surface area contributed by atoms with Gasteiger partial charge in [-0.25, -0.2) is 4.98 Å². The maximum atomic E-state index is 12.2. The quantitative estimate of drug-likeness (QED) is 0.799. The summed E-state index contributed by atoms with van der Waals surface area (Å²) in [4.78, 5) is 16.5. The average molecular weight is 279 g/mol. The van der Waals surface area contributed by atoms with Crippen LogP contribution in [0.3, 0.4) is 0 Å². The van der Waals surface area contributed by atoms with Crippen molar-refractivity contribution in [3.05, 3.63) is 59.9 Å². The number of hydrogen-bond acceptors (Lipinski definition) is 2. The molecule has 2 aromatic heterocycles. The first kappa shape index (κ1) is 13.4. The van der Waals surface area contributed by atoms with Gasteiger partial charge in [-0.2, -0.15) is 0 Å². The second kappa shape index (κ2) is 5.40. The number of rotatable bonds is 3. The number of aromatic nitrogens is 2. The SMILES string of the molecule is Cc1cccc(NC(=O)Cn2c(C)cc3ccccc32)n1. The Bertz CT molecular complexity index is 805. The van der Waals surface area contributed by atoms with E-state index in [0.717, 1.165) is 22.3 Å². The molecule has 0 atom stereocenters. The lowest BCUT2D eigenvalue weighted by molar-refractivity contribution is -0.116. The van der Waals surface area contributed by atoms with E-state index in [2.05, 4.69) is 22.4 Å². The lowest BCUT2D eigenvalue weighted by Crippen LogP contribution is -2.20. The van der Waals surface area contributed by atoms with E-state index in [0.29, 0.717) is 5.82 Å². The van der Waals surface area contributed by atoms with Gasteiger partial charge in [0.05, 0.1) is 0 Å². The smallest absolute Gasteiger partial charge is 0.245 e. The summed E-state index contributed by atoms with van der Waals surface area (Å²) in [5.74, 6) is 0.520. The molecule has 1 N–H and O–H groups in total. The Hall–Kier alpha value is -2.62. The summed E-state index contributed by atoms with van der Waals surface area (Å²) in [6.45, 7) is 4.20. The van der Waals surface area contributed by atoms with Crippen LogP contribution in [0.25, 0.3) is 10.9 Å². The van der Waals surface area contributed by atoms with Gasteiger partial charge in [0.25, 0.3) is 0 Å². The fourth-order valence-corrected chi connectivity index (χ4v) is 2.50. The number of para-hydroxylation sites is 1. The minimum atomic E-state index is -0.0717. The number of anilines is 1. The molecule has 0 saturated carbocycles. The van der Waals surface area contributed by atoms with Crippen LogP contribution in [0.5, 0.6) is 0 Å². The highest BCUT2D eigenvalue weighted by Gasteiger charge is 2.10. The fourth-order valence-electron chi connectivity index (χ4n) is 2.50. The molecule has 106 valence electrons. The molecule has 0 aliphatic rings. The van der Waals surface area contributed by atoms with E-state index in [9.17, 15) is 4.79 Å². The van der Waals surface area contributed by atoms with Crippen LogP contribution in [0.2, 0.25) is 0 Å². The van der Waals surface area contributed by atoms with E-state index in [-0.39, 0.29) is 12.5 Å². The Labute approximate surface area is 123 Å². The van der Waals surface area contributed by atoms with E-state index in [1.807, 2.05) is 48.7 Å². The molecule has 0 bridgehead atoms. The van der Waals surface area contributed by atoms with Crippen molar-refractivity contribution in [2.75, 3.05) is 5.32 Å². The first-order chi connectivity index (χ1) is 10.1. The zero-order valence-corrected chi connectivity index (χ0v) is 12.1. The molecule has 0 aliphatic carbocycles. The molecule has 0 fully saturated rings. The summed E-state index contributed by atoms with van der Waals surface area (Å²) in [5.41, 5.74) is 3.03. The van der Waals surface area contributed by atoms with Crippen LogP contribution in [0.4, 0.5) is 5.82 Å². The lowest BCUT2D eigenvalue weighted by Gasteiger charge is -2.09. The number of hydrogen-bond donors (Lipinski definition) is 1. The number of nitrogens with zero attached hydrogens (tertiary/aromatic N) is 2. The first-order valence-electron chi connectivity index (χ1n) is 6.92. The second-order valence-corrected chi connectivity index (χ2v) is 5.14. The summed E-state index contributed by atoms with van der Waals surface area (Å²) in [6, 6.07) is 15.7. The Morgan fingerprint density at radius 1 is 1.14 bits per heavy atom. The number of carbonyl (C=O) groups excluding carboxylic acids is 1. The van der Waals surface area contributed by atoms with Gasteiger partial charge < -0.3 is 9.88 Å². The topological polar surface area (TPSA) is 46.9 Å². The molecule has 1 amide bonds. The van der Waals surface area contributed by atoms with Gasteiger partial charge in [-0.3, -0.25) is 4.79 Å². The van der Waals surface area contributed by atoms with Crippen molar-refractivity contribution in [1.82, 2.24) is 9.55 Å². The molecule has 4 nitrogen and oxygen atoms in total. The van der Waals surface area contributed by atoms with Crippen LogP contribution >= 0.6 is 0 Å². The van der Waals surface area contributed by atoms with Crippen LogP contribution in [0.15, 0.2) is 48.5 Å². The third-order valence-corrected chi connectivity index (χ3v) is 3.48. The van der Waals surface area contributed by atoms with Gasteiger partial charge in [0, 0.05) is 16.9 Å². The van der Waals surface area contributed by atoms with Crippen molar-refractivity contribution in [1.29, 1.82) is 0 Å². The second-order valence-electron chi connectivity index (χ2n) is 5.14. The van der Waals surface area contributed by atoms with Crippen LogP contribution in [-0.4, -0.2) is 15.5 Å². The minimum absolute atomic E-state index is 0.0717. The summed E-state index contributed by atoms with van der Waals surface area (Å²) < 4.78 is 2.01. The molecule has 0 radical (unpaired) electrons. The maximum absolute atomic E-state index is 12.2. The number of aryl methyl sites for hydroxylation is 2. The highest BCUT2D eigenvalue weighted by Crippen LogP contribution is 2.19. The van der Waals surface area contributed by atoms with Crippen molar-refractivity contribution in [3.8, 4) is 0 Å². The van der Waals surface area contributed by atoms with Gasteiger partial charge in [0.2, 0.25) is 5.91 Å². The summed E-state index contributed by atoms with van der Waals surface area (Å²) in [5, 5.41) is 3.99. The third-order valence-electron chi connectivity index (χ3n) is 3.48. The lowest BCUT2D eigenvalue weighted by atomic mass is 10.2. The van der Waals surface area contributed by atoms with Gasteiger partial charge in [0.1, 0.15) is 12.4 Å². The highest BCUT2D eigenvalue weighted by atomic mass is 16.2. The van der Waals surface area contributed by atoms with Gasteiger partial charge in [-0.05, 0) is 43.5 Å². The first-order valence-corrected chi connectivity index (χ1v) is 6.92.